The lowest BCUT2D eigenvalue weighted by atomic mass is 10.2. The Kier molecular flexibility index (Phi) is 6.02. The van der Waals surface area contributed by atoms with E-state index in [0.717, 1.165) is 5.56 Å². The number of carbonyl (C=O) groups excluding carboxylic acids is 2. The van der Waals surface area contributed by atoms with Gasteiger partial charge in [-0.1, -0.05) is 41.9 Å². The summed E-state index contributed by atoms with van der Waals surface area (Å²) >= 11 is 6.12. The van der Waals surface area contributed by atoms with E-state index in [0.29, 0.717) is 16.3 Å². The number of aromatic nitrogens is 1. The minimum Gasteiger partial charge on any atom is -0.488 e. The standard InChI is InChI=1S/C20H16ClN3O3/c21-17-9-3-1-6-15(17)13-27-18-10-4-2-8-16(18)20(26)24-23-19(25)14-7-5-11-22-12-14/h1-12H,13H2,(H,23,25)(H,24,26). The fourth-order valence-corrected chi connectivity index (χ4v) is 2.49. The average Bonchev–Trinajstić information content (AvgIpc) is 2.72. The van der Waals surface area contributed by atoms with E-state index < -0.39 is 11.8 Å². The van der Waals surface area contributed by atoms with Crippen LogP contribution in [0.25, 0.3) is 0 Å². The number of halogens is 1. The molecule has 2 N–H and O–H groups in total. The van der Waals surface area contributed by atoms with E-state index in [1.165, 1.54) is 6.20 Å². The van der Waals surface area contributed by atoms with Crippen molar-refractivity contribution in [1.82, 2.24) is 15.8 Å². The molecule has 27 heavy (non-hydrogen) atoms. The first-order chi connectivity index (χ1) is 13.1. The van der Waals surface area contributed by atoms with Gasteiger partial charge in [0.15, 0.2) is 0 Å². The smallest absolute Gasteiger partial charge is 0.273 e. The summed E-state index contributed by atoms with van der Waals surface area (Å²) in [7, 11) is 0. The van der Waals surface area contributed by atoms with Crippen LogP contribution in [-0.2, 0) is 6.61 Å². The van der Waals surface area contributed by atoms with Crippen LogP contribution in [0.5, 0.6) is 5.75 Å². The second-order valence-electron chi connectivity index (χ2n) is 5.53. The topological polar surface area (TPSA) is 80.3 Å². The molecule has 0 saturated heterocycles. The lowest BCUT2D eigenvalue weighted by Crippen LogP contribution is -2.41. The Bertz CT molecular complexity index is 948. The first-order valence-electron chi connectivity index (χ1n) is 8.11. The maximum atomic E-state index is 12.4. The molecule has 2 aromatic carbocycles. The van der Waals surface area contributed by atoms with E-state index >= 15 is 0 Å². The predicted molar refractivity (Wildman–Crippen MR) is 101 cm³/mol. The molecule has 0 bridgehead atoms. The highest BCUT2D eigenvalue weighted by Gasteiger charge is 2.14. The van der Waals surface area contributed by atoms with Crippen LogP contribution < -0.4 is 15.6 Å². The lowest BCUT2D eigenvalue weighted by Gasteiger charge is -2.13. The maximum Gasteiger partial charge on any atom is 0.273 e. The van der Waals surface area contributed by atoms with Crippen molar-refractivity contribution in [2.75, 3.05) is 0 Å². The third kappa shape index (κ3) is 4.83. The monoisotopic (exact) mass is 381 g/mol. The van der Waals surface area contributed by atoms with E-state index in [1.807, 2.05) is 18.2 Å². The number of hydrazine groups is 1. The Balaban J connectivity index is 1.65. The number of para-hydroxylation sites is 1. The number of hydrogen-bond acceptors (Lipinski definition) is 4. The Morgan fingerprint density at radius 3 is 2.44 bits per heavy atom. The molecular weight excluding hydrogens is 366 g/mol. The summed E-state index contributed by atoms with van der Waals surface area (Å²) < 4.78 is 5.75. The molecule has 0 aliphatic rings. The van der Waals surface area contributed by atoms with Gasteiger partial charge in [-0.2, -0.15) is 0 Å². The second-order valence-corrected chi connectivity index (χ2v) is 5.93. The van der Waals surface area contributed by atoms with Crippen LogP contribution in [0.15, 0.2) is 73.1 Å². The predicted octanol–water partition coefficient (Wildman–Crippen LogP) is 3.39. The Morgan fingerprint density at radius 1 is 0.926 bits per heavy atom. The van der Waals surface area contributed by atoms with Gasteiger partial charge >= 0.3 is 0 Å². The molecule has 0 radical (unpaired) electrons. The highest BCUT2D eigenvalue weighted by atomic mass is 35.5. The fourth-order valence-electron chi connectivity index (χ4n) is 2.30. The number of nitrogens with one attached hydrogen (secondary N) is 2. The summed E-state index contributed by atoms with van der Waals surface area (Å²) in [4.78, 5) is 28.3. The van der Waals surface area contributed by atoms with E-state index in [4.69, 9.17) is 16.3 Å². The van der Waals surface area contributed by atoms with Crippen LogP contribution in [-0.4, -0.2) is 16.8 Å². The van der Waals surface area contributed by atoms with Crippen LogP contribution in [0.1, 0.15) is 26.3 Å². The van der Waals surface area contributed by atoms with Gasteiger partial charge in [0.25, 0.3) is 11.8 Å². The highest BCUT2D eigenvalue weighted by Crippen LogP contribution is 2.21. The first-order valence-corrected chi connectivity index (χ1v) is 8.49. The van der Waals surface area contributed by atoms with E-state index in [2.05, 4.69) is 15.8 Å². The molecule has 3 rings (SSSR count). The van der Waals surface area contributed by atoms with Crippen molar-refractivity contribution in [3.63, 3.8) is 0 Å². The van der Waals surface area contributed by atoms with Crippen LogP contribution in [0.3, 0.4) is 0 Å². The number of carbonyl (C=O) groups is 2. The zero-order valence-electron chi connectivity index (χ0n) is 14.2. The van der Waals surface area contributed by atoms with Gasteiger partial charge in [-0.15, -0.1) is 0 Å². The first kappa shape index (κ1) is 18.4. The van der Waals surface area contributed by atoms with Crippen molar-refractivity contribution in [3.05, 3.63) is 94.8 Å². The molecule has 0 spiro atoms. The summed E-state index contributed by atoms with van der Waals surface area (Å²) in [6.45, 7) is 0.214. The SMILES string of the molecule is O=C(NNC(=O)c1ccccc1OCc1ccccc1Cl)c1cccnc1. The summed E-state index contributed by atoms with van der Waals surface area (Å²) in [6.07, 6.45) is 2.96. The molecule has 0 saturated carbocycles. The molecule has 0 aliphatic heterocycles. The van der Waals surface area contributed by atoms with Crippen LogP contribution in [0.4, 0.5) is 0 Å². The number of nitrogens with zero attached hydrogens (tertiary/aromatic N) is 1. The van der Waals surface area contributed by atoms with Gasteiger partial charge in [-0.25, -0.2) is 0 Å². The molecule has 6 nitrogen and oxygen atoms in total. The van der Waals surface area contributed by atoms with Gasteiger partial charge in [-0.05, 0) is 30.3 Å². The summed E-state index contributed by atoms with van der Waals surface area (Å²) in [6, 6.07) is 17.3. The number of ether oxygens (including phenoxy) is 1. The molecule has 0 fully saturated rings. The third-order valence-electron chi connectivity index (χ3n) is 3.69. The Morgan fingerprint density at radius 2 is 1.67 bits per heavy atom. The molecule has 2 amide bonds. The minimum absolute atomic E-state index is 0.214. The molecule has 3 aromatic rings. The maximum absolute atomic E-state index is 12.4. The summed E-state index contributed by atoms with van der Waals surface area (Å²) in [5, 5.41) is 0.586. The molecule has 1 heterocycles. The molecule has 1 aromatic heterocycles. The highest BCUT2D eigenvalue weighted by molar-refractivity contribution is 6.31. The molecule has 0 aliphatic carbocycles. The normalized spacial score (nSPS) is 10.1. The van der Waals surface area contributed by atoms with Gasteiger partial charge < -0.3 is 4.74 Å². The lowest BCUT2D eigenvalue weighted by molar-refractivity contribution is 0.0844. The van der Waals surface area contributed by atoms with Crippen LogP contribution in [0.2, 0.25) is 5.02 Å². The largest absolute Gasteiger partial charge is 0.488 e. The van der Waals surface area contributed by atoms with Gasteiger partial charge in [0.05, 0.1) is 11.1 Å². The van der Waals surface area contributed by atoms with Crippen molar-refractivity contribution in [1.29, 1.82) is 0 Å². The fraction of sp³-hybridized carbons (Fsp3) is 0.0500. The summed E-state index contributed by atoms with van der Waals surface area (Å²) in [5.74, 6) is -0.585. The number of pyridine rings is 1. The van der Waals surface area contributed by atoms with Crippen molar-refractivity contribution in [2.24, 2.45) is 0 Å². The van der Waals surface area contributed by atoms with Crippen LogP contribution >= 0.6 is 11.6 Å². The van der Waals surface area contributed by atoms with Crippen molar-refractivity contribution in [3.8, 4) is 5.75 Å². The molecule has 136 valence electrons. The van der Waals surface area contributed by atoms with E-state index in [9.17, 15) is 9.59 Å². The van der Waals surface area contributed by atoms with Crippen LogP contribution in [0, 0.1) is 0 Å². The quantitative estimate of drug-likeness (QED) is 0.664. The minimum atomic E-state index is -0.498. The van der Waals surface area contributed by atoms with Crippen molar-refractivity contribution in [2.45, 2.75) is 6.61 Å². The zero-order valence-corrected chi connectivity index (χ0v) is 14.9. The summed E-state index contributed by atoms with van der Waals surface area (Å²) in [5.41, 5.74) is 6.15. The number of hydrogen-bond donors (Lipinski definition) is 2. The van der Waals surface area contributed by atoms with E-state index in [-0.39, 0.29) is 12.2 Å². The molecule has 0 unspecified atom stereocenters. The number of rotatable bonds is 5. The average molecular weight is 382 g/mol. The molecule has 7 heteroatoms. The number of benzene rings is 2. The molecular formula is C20H16ClN3O3. The van der Waals surface area contributed by atoms with Gasteiger partial charge in [-0.3, -0.25) is 25.4 Å². The van der Waals surface area contributed by atoms with Crippen molar-refractivity contribution >= 4 is 23.4 Å². The Hall–Kier alpha value is -3.38. The van der Waals surface area contributed by atoms with Gasteiger partial charge in [0.1, 0.15) is 12.4 Å². The van der Waals surface area contributed by atoms with Gasteiger partial charge in [0, 0.05) is 23.0 Å². The Labute approximate surface area is 161 Å². The van der Waals surface area contributed by atoms with E-state index in [1.54, 1.807) is 48.7 Å². The number of amides is 2. The van der Waals surface area contributed by atoms with Gasteiger partial charge in [0.2, 0.25) is 0 Å². The zero-order chi connectivity index (χ0) is 19.1. The third-order valence-corrected chi connectivity index (χ3v) is 4.05. The molecule has 0 atom stereocenters. The van der Waals surface area contributed by atoms with Crippen molar-refractivity contribution < 1.29 is 14.3 Å². The second kappa shape index (κ2) is 8.82.